The fourth-order valence-corrected chi connectivity index (χ4v) is 4.90. The summed E-state index contributed by atoms with van der Waals surface area (Å²) in [5.74, 6) is -1.68. The molecule has 7 nitrogen and oxygen atoms in total. The third kappa shape index (κ3) is 2.96. The molecule has 1 N–H and O–H groups in total. The number of aromatic nitrogens is 1. The standard InChI is InChI=1S/C15H18N2O5S/c1-10-5-4-8-17(14(10)15(18)19)23(20,21)9-12-11-6-2-3-7-13(11)22-16-12/h2-3,6-7,10,14H,4-5,8-9H2,1H3,(H,18,19). The highest BCUT2D eigenvalue weighted by Crippen LogP contribution is 2.28. The summed E-state index contributed by atoms with van der Waals surface area (Å²) in [4.78, 5) is 11.5. The van der Waals surface area contributed by atoms with Gasteiger partial charge in [0, 0.05) is 11.9 Å². The van der Waals surface area contributed by atoms with Gasteiger partial charge in [0.2, 0.25) is 10.0 Å². The van der Waals surface area contributed by atoms with Gasteiger partial charge in [-0.05, 0) is 30.9 Å². The maximum Gasteiger partial charge on any atom is 0.322 e. The molecule has 1 aliphatic rings. The van der Waals surface area contributed by atoms with Crippen LogP contribution in [-0.4, -0.2) is 41.5 Å². The number of hydrogen-bond donors (Lipinski definition) is 1. The zero-order valence-corrected chi connectivity index (χ0v) is 13.5. The largest absolute Gasteiger partial charge is 0.480 e. The van der Waals surface area contributed by atoms with E-state index < -0.39 is 22.0 Å². The van der Waals surface area contributed by atoms with Crippen molar-refractivity contribution in [1.29, 1.82) is 0 Å². The smallest absolute Gasteiger partial charge is 0.322 e. The van der Waals surface area contributed by atoms with E-state index in [0.717, 1.165) is 4.31 Å². The van der Waals surface area contributed by atoms with Crippen molar-refractivity contribution in [2.45, 2.75) is 31.6 Å². The van der Waals surface area contributed by atoms with Gasteiger partial charge >= 0.3 is 5.97 Å². The molecule has 8 heteroatoms. The molecule has 0 aliphatic carbocycles. The minimum absolute atomic E-state index is 0.218. The van der Waals surface area contributed by atoms with E-state index in [-0.39, 0.29) is 18.2 Å². The molecule has 0 amide bonds. The first-order valence-corrected chi connectivity index (χ1v) is 9.06. The van der Waals surface area contributed by atoms with Crippen LogP contribution in [-0.2, 0) is 20.6 Å². The SMILES string of the molecule is CC1CCCN(S(=O)(=O)Cc2noc3ccccc23)C1C(=O)O. The van der Waals surface area contributed by atoms with Crippen LogP contribution in [0.1, 0.15) is 25.5 Å². The highest BCUT2D eigenvalue weighted by Gasteiger charge is 2.41. The zero-order valence-electron chi connectivity index (χ0n) is 12.7. The number of fused-ring (bicyclic) bond motifs is 1. The molecule has 0 radical (unpaired) electrons. The van der Waals surface area contributed by atoms with Gasteiger partial charge in [-0.1, -0.05) is 24.2 Å². The topological polar surface area (TPSA) is 101 Å². The van der Waals surface area contributed by atoms with Crippen LogP contribution in [0.2, 0.25) is 0 Å². The van der Waals surface area contributed by atoms with E-state index in [1.54, 1.807) is 31.2 Å². The Morgan fingerprint density at radius 3 is 2.91 bits per heavy atom. The summed E-state index contributed by atoms with van der Waals surface area (Å²) in [7, 11) is -3.79. The molecule has 23 heavy (non-hydrogen) atoms. The summed E-state index contributed by atoms with van der Waals surface area (Å²) in [6, 6.07) is 5.98. The Labute approximate surface area is 133 Å². The van der Waals surface area contributed by atoms with Crippen LogP contribution in [0.5, 0.6) is 0 Å². The number of aliphatic carboxylic acids is 1. The number of para-hydroxylation sites is 1. The second-order valence-electron chi connectivity index (χ2n) is 5.89. The highest BCUT2D eigenvalue weighted by molar-refractivity contribution is 7.88. The Morgan fingerprint density at radius 1 is 1.43 bits per heavy atom. The first-order chi connectivity index (χ1) is 10.9. The number of rotatable bonds is 4. The third-order valence-electron chi connectivity index (χ3n) is 4.27. The second kappa shape index (κ2) is 5.93. The van der Waals surface area contributed by atoms with Gasteiger partial charge in [-0.25, -0.2) is 8.42 Å². The van der Waals surface area contributed by atoms with Crippen LogP contribution in [0, 0.1) is 5.92 Å². The molecule has 1 saturated heterocycles. The molecule has 2 unspecified atom stereocenters. The molecule has 1 aliphatic heterocycles. The lowest BCUT2D eigenvalue weighted by molar-refractivity contribution is -0.144. The molecule has 2 aromatic rings. The van der Waals surface area contributed by atoms with Gasteiger partial charge < -0.3 is 9.63 Å². The Balaban J connectivity index is 1.93. The lowest BCUT2D eigenvalue weighted by atomic mass is 9.93. The van der Waals surface area contributed by atoms with Gasteiger partial charge in [0.1, 0.15) is 17.5 Å². The Morgan fingerprint density at radius 2 is 2.17 bits per heavy atom. The monoisotopic (exact) mass is 338 g/mol. The summed E-state index contributed by atoms with van der Waals surface area (Å²) in [5.41, 5.74) is 0.822. The van der Waals surface area contributed by atoms with Gasteiger partial charge in [0.15, 0.2) is 5.58 Å². The molecular formula is C15H18N2O5S. The van der Waals surface area contributed by atoms with Crippen molar-refractivity contribution in [2.24, 2.45) is 5.92 Å². The molecule has 0 spiro atoms. The van der Waals surface area contributed by atoms with Crippen LogP contribution < -0.4 is 0 Å². The fourth-order valence-electron chi connectivity index (χ4n) is 3.13. The van der Waals surface area contributed by atoms with Crippen molar-refractivity contribution in [3.05, 3.63) is 30.0 Å². The van der Waals surface area contributed by atoms with E-state index in [1.807, 2.05) is 0 Å². The van der Waals surface area contributed by atoms with Crippen molar-refractivity contribution in [2.75, 3.05) is 6.54 Å². The minimum Gasteiger partial charge on any atom is -0.480 e. The molecule has 0 bridgehead atoms. The summed E-state index contributed by atoms with van der Waals surface area (Å²) >= 11 is 0. The molecule has 2 atom stereocenters. The Bertz CT molecular complexity index is 829. The molecule has 1 aromatic carbocycles. The zero-order chi connectivity index (χ0) is 16.6. The second-order valence-corrected chi connectivity index (χ2v) is 7.82. The van der Waals surface area contributed by atoms with Crippen LogP contribution >= 0.6 is 0 Å². The molecule has 3 rings (SSSR count). The minimum atomic E-state index is -3.79. The van der Waals surface area contributed by atoms with Crippen molar-refractivity contribution in [3.63, 3.8) is 0 Å². The summed E-state index contributed by atoms with van der Waals surface area (Å²) in [6.45, 7) is 1.99. The maximum atomic E-state index is 12.7. The lowest BCUT2D eigenvalue weighted by Gasteiger charge is -2.36. The number of benzene rings is 1. The van der Waals surface area contributed by atoms with Crippen molar-refractivity contribution < 1.29 is 22.8 Å². The third-order valence-corrected chi connectivity index (χ3v) is 6.03. The summed E-state index contributed by atoms with van der Waals surface area (Å²) < 4.78 is 31.7. The van der Waals surface area contributed by atoms with E-state index in [9.17, 15) is 18.3 Å². The highest BCUT2D eigenvalue weighted by atomic mass is 32.2. The predicted molar refractivity (Wildman–Crippen MR) is 83.2 cm³/mol. The normalized spacial score (nSPS) is 23.2. The first-order valence-electron chi connectivity index (χ1n) is 7.46. The molecule has 124 valence electrons. The molecule has 1 aromatic heterocycles. The van der Waals surface area contributed by atoms with Crippen molar-refractivity contribution in [3.8, 4) is 0 Å². The van der Waals surface area contributed by atoms with Gasteiger partial charge in [0.25, 0.3) is 0 Å². The van der Waals surface area contributed by atoms with Crippen molar-refractivity contribution in [1.82, 2.24) is 9.46 Å². The van der Waals surface area contributed by atoms with Crippen LogP contribution in [0.15, 0.2) is 28.8 Å². The van der Waals surface area contributed by atoms with Gasteiger partial charge in [-0.3, -0.25) is 4.79 Å². The molecule has 2 heterocycles. The van der Waals surface area contributed by atoms with Crippen LogP contribution in [0.3, 0.4) is 0 Å². The number of hydrogen-bond acceptors (Lipinski definition) is 5. The van der Waals surface area contributed by atoms with E-state index in [0.29, 0.717) is 29.5 Å². The Hall–Kier alpha value is -1.93. The van der Waals surface area contributed by atoms with Crippen LogP contribution in [0.25, 0.3) is 11.0 Å². The number of piperidine rings is 1. The summed E-state index contributed by atoms with van der Waals surface area (Å²) in [6.07, 6.45) is 1.36. The Kier molecular flexibility index (Phi) is 4.11. The quantitative estimate of drug-likeness (QED) is 0.913. The lowest BCUT2D eigenvalue weighted by Crippen LogP contribution is -2.52. The van der Waals surface area contributed by atoms with E-state index in [4.69, 9.17) is 4.52 Å². The average Bonchev–Trinajstić information content (AvgIpc) is 2.89. The molecule has 1 fully saturated rings. The number of carboxylic acid groups (broad SMARTS) is 1. The molecule has 0 saturated carbocycles. The maximum absolute atomic E-state index is 12.7. The number of carboxylic acids is 1. The summed E-state index contributed by atoms with van der Waals surface area (Å²) in [5, 5.41) is 13.9. The number of nitrogens with zero attached hydrogens (tertiary/aromatic N) is 2. The van der Waals surface area contributed by atoms with E-state index >= 15 is 0 Å². The van der Waals surface area contributed by atoms with Crippen LogP contribution in [0.4, 0.5) is 0 Å². The fraction of sp³-hybridized carbons (Fsp3) is 0.467. The van der Waals surface area contributed by atoms with E-state index in [1.165, 1.54) is 0 Å². The number of sulfonamides is 1. The van der Waals surface area contributed by atoms with Gasteiger partial charge in [-0.15, -0.1) is 0 Å². The average molecular weight is 338 g/mol. The molecular weight excluding hydrogens is 320 g/mol. The first kappa shape index (κ1) is 15.9. The number of carbonyl (C=O) groups is 1. The van der Waals surface area contributed by atoms with E-state index in [2.05, 4.69) is 5.16 Å². The van der Waals surface area contributed by atoms with Gasteiger partial charge in [0.05, 0.1) is 0 Å². The predicted octanol–water partition coefficient (Wildman–Crippen LogP) is 1.84. The van der Waals surface area contributed by atoms with Gasteiger partial charge in [-0.2, -0.15) is 4.31 Å². The van der Waals surface area contributed by atoms with Crippen molar-refractivity contribution >= 4 is 27.0 Å².